The van der Waals surface area contributed by atoms with Crippen LogP contribution in [0, 0.1) is 19.7 Å². The van der Waals surface area contributed by atoms with Gasteiger partial charge < -0.3 is 15.4 Å². The van der Waals surface area contributed by atoms with Gasteiger partial charge in [-0.15, -0.1) is 0 Å². The third-order valence-corrected chi connectivity index (χ3v) is 3.32. The van der Waals surface area contributed by atoms with Crippen molar-refractivity contribution in [2.75, 3.05) is 5.32 Å². The Morgan fingerprint density at radius 2 is 1.86 bits per heavy atom. The van der Waals surface area contributed by atoms with Gasteiger partial charge in [0.25, 0.3) is 5.91 Å². The number of rotatable bonds is 3. The Kier molecular flexibility index (Phi) is 4.40. The van der Waals surface area contributed by atoms with Gasteiger partial charge in [-0.25, -0.2) is 4.39 Å². The lowest BCUT2D eigenvalue weighted by atomic mass is 9.79. The predicted octanol–water partition coefficient (Wildman–Crippen LogP) is 1.37. The highest BCUT2D eigenvalue weighted by Crippen LogP contribution is 2.16. The summed E-state index contributed by atoms with van der Waals surface area (Å²) in [7, 11) is -1.96. The Morgan fingerprint density at radius 3 is 2.48 bits per heavy atom. The SMILES string of the molecule is Cc1ccc(NC(=O)c2cccc(B(O)O)c2F)cc1C. The van der Waals surface area contributed by atoms with E-state index in [2.05, 4.69) is 5.32 Å². The van der Waals surface area contributed by atoms with Crippen molar-refractivity contribution in [3.63, 3.8) is 0 Å². The molecule has 2 aromatic carbocycles. The molecule has 0 atom stereocenters. The molecule has 3 N–H and O–H groups in total. The smallest absolute Gasteiger partial charge is 0.423 e. The molecule has 0 spiro atoms. The quantitative estimate of drug-likeness (QED) is 0.747. The van der Waals surface area contributed by atoms with Gasteiger partial charge in [0.05, 0.1) is 5.56 Å². The molecule has 6 heteroatoms. The molecule has 21 heavy (non-hydrogen) atoms. The number of nitrogens with one attached hydrogen (secondary N) is 1. The standard InChI is InChI=1S/C15H15BFNO3/c1-9-6-7-11(8-10(9)2)18-15(19)12-4-3-5-13(14(12)17)16(20)21/h3-8,20-21H,1-2H3,(H,18,19). The Balaban J connectivity index is 2.28. The third-order valence-electron chi connectivity index (χ3n) is 3.32. The summed E-state index contributed by atoms with van der Waals surface area (Å²) in [5, 5.41) is 20.7. The summed E-state index contributed by atoms with van der Waals surface area (Å²) < 4.78 is 14.0. The van der Waals surface area contributed by atoms with Gasteiger partial charge in [0.15, 0.2) is 0 Å². The van der Waals surface area contributed by atoms with Crippen molar-refractivity contribution in [1.82, 2.24) is 0 Å². The average Bonchev–Trinajstić information content (AvgIpc) is 2.42. The molecule has 0 aliphatic heterocycles. The molecule has 0 saturated heterocycles. The van der Waals surface area contributed by atoms with Crippen molar-refractivity contribution >= 4 is 24.2 Å². The lowest BCUT2D eigenvalue weighted by Gasteiger charge is -2.10. The van der Waals surface area contributed by atoms with Crippen LogP contribution in [0.4, 0.5) is 10.1 Å². The van der Waals surface area contributed by atoms with Crippen molar-refractivity contribution in [3.8, 4) is 0 Å². The van der Waals surface area contributed by atoms with Gasteiger partial charge in [-0.3, -0.25) is 4.79 Å². The number of hydrogen-bond acceptors (Lipinski definition) is 3. The highest BCUT2D eigenvalue weighted by molar-refractivity contribution is 6.58. The van der Waals surface area contributed by atoms with Crippen LogP contribution in [0.2, 0.25) is 0 Å². The lowest BCUT2D eigenvalue weighted by molar-refractivity contribution is 0.102. The number of aryl methyl sites for hydroxylation is 2. The lowest BCUT2D eigenvalue weighted by Crippen LogP contribution is -2.34. The summed E-state index contributed by atoms with van der Waals surface area (Å²) in [5.41, 5.74) is 2.08. The van der Waals surface area contributed by atoms with E-state index in [4.69, 9.17) is 10.0 Å². The fraction of sp³-hybridized carbons (Fsp3) is 0.133. The topological polar surface area (TPSA) is 69.6 Å². The molecule has 2 aromatic rings. The molecule has 0 saturated carbocycles. The highest BCUT2D eigenvalue weighted by Gasteiger charge is 2.21. The Hall–Kier alpha value is -2.18. The van der Waals surface area contributed by atoms with E-state index in [0.29, 0.717) is 5.69 Å². The fourth-order valence-electron chi connectivity index (χ4n) is 1.94. The van der Waals surface area contributed by atoms with Crippen LogP contribution in [-0.4, -0.2) is 23.1 Å². The van der Waals surface area contributed by atoms with E-state index in [1.54, 1.807) is 12.1 Å². The van der Waals surface area contributed by atoms with Crippen LogP contribution in [0.15, 0.2) is 36.4 Å². The van der Waals surface area contributed by atoms with Crippen molar-refractivity contribution in [1.29, 1.82) is 0 Å². The Labute approximate surface area is 122 Å². The first-order valence-electron chi connectivity index (χ1n) is 6.43. The van der Waals surface area contributed by atoms with Crippen molar-refractivity contribution in [3.05, 3.63) is 58.9 Å². The molecule has 0 aliphatic carbocycles. The summed E-state index contributed by atoms with van der Waals surface area (Å²) >= 11 is 0. The zero-order valence-electron chi connectivity index (χ0n) is 11.7. The van der Waals surface area contributed by atoms with Crippen LogP contribution in [0.25, 0.3) is 0 Å². The molecule has 108 valence electrons. The largest absolute Gasteiger partial charge is 0.491 e. The molecule has 0 fully saturated rings. The van der Waals surface area contributed by atoms with Gasteiger partial charge in [-0.2, -0.15) is 0 Å². The zero-order chi connectivity index (χ0) is 15.6. The van der Waals surface area contributed by atoms with E-state index < -0.39 is 18.8 Å². The molecule has 0 unspecified atom stereocenters. The van der Waals surface area contributed by atoms with Crippen molar-refractivity contribution in [2.45, 2.75) is 13.8 Å². The number of amides is 1. The van der Waals surface area contributed by atoms with E-state index in [1.165, 1.54) is 18.2 Å². The Bertz CT molecular complexity index is 689. The highest BCUT2D eigenvalue weighted by atomic mass is 19.1. The second kappa shape index (κ2) is 6.07. The number of carbonyl (C=O) groups is 1. The number of hydrogen-bond donors (Lipinski definition) is 3. The molecule has 4 nitrogen and oxygen atoms in total. The molecule has 0 heterocycles. The fourth-order valence-corrected chi connectivity index (χ4v) is 1.94. The van der Waals surface area contributed by atoms with Gasteiger partial charge in [-0.05, 0) is 43.2 Å². The molecule has 1 amide bonds. The summed E-state index contributed by atoms with van der Waals surface area (Å²) in [6.45, 7) is 3.86. The zero-order valence-corrected chi connectivity index (χ0v) is 11.7. The Morgan fingerprint density at radius 1 is 1.14 bits per heavy atom. The molecule has 0 aliphatic rings. The van der Waals surface area contributed by atoms with E-state index >= 15 is 0 Å². The number of carbonyl (C=O) groups excluding carboxylic acids is 1. The molecular weight excluding hydrogens is 272 g/mol. The predicted molar refractivity (Wildman–Crippen MR) is 80.1 cm³/mol. The molecule has 0 aromatic heterocycles. The van der Waals surface area contributed by atoms with Gasteiger partial charge in [0.1, 0.15) is 5.82 Å². The number of anilines is 1. The first kappa shape index (κ1) is 15.2. The first-order valence-corrected chi connectivity index (χ1v) is 6.43. The minimum Gasteiger partial charge on any atom is -0.423 e. The molecule has 2 rings (SSSR count). The van der Waals surface area contributed by atoms with Crippen LogP contribution < -0.4 is 10.8 Å². The van der Waals surface area contributed by atoms with Crippen molar-refractivity contribution in [2.24, 2.45) is 0 Å². The first-order chi connectivity index (χ1) is 9.90. The molecule has 0 bridgehead atoms. The van der Waals surface area contributed by atoms with E-state index in [-0.39, 0.29) is 11.0 Å². The van der Waals surface area contributed by atoms with Crippen molar-refractivity contribution < 1.29 is 19.2 Å². The molecular formula is C15H15BFNO3. The maximum atomic E-state index is 14.0. The van der Waals surface area contributed by atoms with Crippen LogP contribution in [0.5, 0.6) is 0 Å². The number of benzene rings is 2. The van der Waals surface area contributed by atoms with E-state index in [9.17, 15) is 9.18 Å². The van der Waals surface area contributed by atoms with Crippen LogP contribution >= 0.6 is 0 Å². The van der Waals surface area contributed by atoms with Gasteiger partial charge in [0.2, 0.25) is 0 Å². The summed E-state index contributed by atoms with van der Waals surface area (Å²) in [4.78, 5) is 12.1. The van der Waals surface area contributed by atoms with Crippen LogP contribution in [0.3, 0.4) is 0 Å². The number of halogens is 1. The van der Waals surface area contributed by atoms with Crippen LogP contribution in [0.1, 0.15) is 21.5 Å². The van der Waals surface area contributed by atoms with E-state index in [1.807, 2.05) is 19.9 Å². The second-order valence-electron chi connectivity index (χ2n) is 4.84. The monoisotopic (exact) mass is 287 g/mol. The normalized spacial score (nSPS) is 10.3. The van der Waals surface area contributed by atoms with Crippen LogP contribution in [-0.2, 0) is 0 Å². The second-order valence-corrected chi connectivity index (χ2v) is 4.84. The minimum atomic E-state index is -1.96. The van der Waals surface area contributed by atoms with Gasteiger partial charge in [0, 0.05) is 11.2 Å². The maximum absolute atomic E-state index is 14.0. The average molecular weight is 287 g/mol. The molecule has 0 radical (unpaired) electrons. The van der Waals surface area contributed by atoms with Gasteiger partial charge >= 0.3 is 7.12 Å². The third kappa shape index (κ3) is 3.29. The summed E-state index contributed by atoms with van der Waals surface area (Å²) in [5.74, 6) is -1.58. The summed E-state index contributed by atoms with van der Waals surface area (Å²) in [6.07, 6.45) is 0. The minimum absolute atomic E-state index is 0.237. The van der Waals surface area contributed by atoms with E-state index in [0.717, 1.165) is 11.1 Å². The summed E-state index contributed by atoms with van der Waals surface area (Å²) in [6, 6.07) is 9.27. The maximum Gasteiger partial charge on any atom is 0.491 e. The van der Waals surface area contributed by atoms with Gasteiger partial charge in [-0.1, -0.05) is 18.2 Å².